The zero-order valence-corrected chi connectivity index (χ0v) is 14.2. The van der Waals surface area contributed by atoms with Crippen LogP contribution >= 0.6 is 0 Å². The molecule has 0 unspecified atom stereocenters. The molecule has 3 aromatic heterocycles. The topological polar surface area (TPSA) is 70.1 Å². The molecule has 0 saturated heterocycles. The van der Waals surface area contributed by atoms with Crippen LogP contribution in [0.5, 0.6) is 5.88 Å². The zero-order chi connectivity index (χ0) is 18.3. The molecule has 0 N–H and O–H groups in total. The van der Waals surface area contributed by atoms with Crippen LogP contribution in [-0.4, -0.2) is 50.1 Å². The van der Waals surface area contributed by atoms with Crippen LogP contribution in [0.4, 0.5) is 8.78 Å². The summed E-state index contributed by atoms with van der Waals surface area (Å²) in [5.74, 6) is 1.04. The van der Waals surface area contributed by atoms with E-state index in [-0.39, 0.29) is 0 Å². The molecule has 3 heterocycles. The minimum absolute atomic E-state index is 0.453. The van der Waals surface area contributed by atoms with Crippen molar-refractivity contribution in [3.8, 4) is 17.0 Å². The Hall–Kier alpha value is -3.10. The third kappa shape index (κ3) is 2.47. The van der Waals surface area contributed by atoms with E-state index in [0.29, 0.717) is 28.3 Å². The predicted octanol–water partition coefficient (Wildman–Crippen LogP) is 2.94. The summed E-state index contributed by atoms with van der Waals surface area (Å²) in [5, 5.41) is 12.2. The number of fused-ring (bicyclic) bond motifs is 2. The minimum atomic E-state index is -0.985. The van der Waals surface area contributed by atoms with Gasteiger partial charge in [0, 0.05) is 11.8 Å². The first-order valence-electron chi connectivity index (χ1n) is 8.03. The van der Waals surface area contributed by atoms with Gasteiger partial charge in [0.25, 0.3) is 0 Å². The van der Waals surface area contributed by atoms with Crippen molar-refractivity contribution < 1.29 is 13.5 Å². The Morgan fingerprint density at radius 2 is 2.00 bits per heavy atom. The van der Waals surface area contributed by atoms with Crippen molar-refractivity contribution >= 4 is 16.6 Å². The van der Waals surface area contributed by atoms with Gasteiger partial charge >= 0.3 is 0 Å². The summed E-state index contributed by atoms with van der Waals surface area (Å²) < 4.78 is 34.6. The summed E-state index contributed by atoms with van der Waals surface area (Å²) in [7, 11) is 1.55. The lowest BCUT2D eigenvalue weighted by Gasteiger charge is -2.10. The molecule has 26 heavy (non-hydrogen) atoms. The van der Waals surface area contributed by atoms with E-state index < -0.39 is 19.4 Å². The summed E-state index contributed by atoms with van der Waals surface area (Å²) in [6.07, 6.45) is 1.81. The van der Waals surface area contributed by atoms with E-state index >= 15 is 0 Å². The number of methoxy groups -OCH3 is 1. The van der Waals surface area contributed by atoms with Gasteiger partial charge in [-0.15, -0.1) is 5.10 Å². The van der Waals surface area contributed by atoms with Crippen molar-refractivity contribution in [1.82, 2.24) is 29.6 Å². The largest absolute Gasteiger partial charge is 0.479 e. The van der Waals surface area contributed by atoms with Crippen LogP contribution in [0.2, 0.25) is 0 Å². The molecule has 7 nitrogen and oxygen atoms in total. The highest BCUT2D eigenvalue weighted by molar-refractivity contribution is 5.89. The number of aryl methyl sites for hydroxylation is 1. The average Bonchev–Trinajstić information content (AvgIpc) is 3.26. The fourth-order valence-corrected chi connectivity index (χ4v) is 3.02. The SMILES string of the molecule is COc1nc(C)nn2ccc(-c3ccc4nnn(C(CF)CF)c4c3)c12. The van der Waals surface area contributed by atoms with E-state index in [1.54, 1.807) is 24.6 Å². The van der Waals surface area contributed by atoms with E-state index in [4.69, 9.17) is 4.74 Å². The second-order valence-corrected chi connectivity index (χ2v) is 5.89. The predicted molar refractivity (Wildman–Crippen MR) is 91.8 cm³/mol. The van der Waals surface area contributed by atoms with Crippen LogP contribution in [0.25, 0.3) is 27.7 Å². The number of hydrogen-bond acceptors (Lipinski definition) is 5. The maximum Gasteiger partial charge on any atom is 0.242 e. The molecular weight excluding hydrogens is 342 g/mol. The molecule has 0 bridgehead atoms. The van der Waals surface area contributed by atoms with E-state index in [0.717, 1.165) is 11.1 Å². The highest BCUT2D eigenvalue weighted by atomic mass is 19.1. The third-order valence-electron chi connectivity index (χ3n) is 4.26. The molecule has 0 aliphatic carbocycles. The van der Waals surface area contributed by atoms with Gasteiger partial charge in [0.05, 0.1) is 12.6 Å². The molecule has 134 valence electrons. The van der Waals surface area contributed by atoms with Crippen LogP contribution in [-0.2, 0) is 0 Å². The second-order valence-electron chi connectivity index (χ2n) is 5.89. The number of benzene rings is 1. The van der Waals surface area contributed by atoms with E-state index in [1.807, 2.05) is 24.4 Å². The third-order valence-corrected chi connectivity index (χ3v) is 4.26. The highest BCUT2D eigenvalue weighted by Gasteiger charge is 2.18. The van der Waals surface area contributed by atoms with Gasteiger partial charge in [-0.25, -0.2) is 18.0 Å². The van der Waals surface area contributed by atoms with Crippen molar-refractivity contribution in [3.05, 3.63) is 36.3 Å². The Kier molecular flexibility index (Phi) is 3.98. The first-order valence-corrected chi connectivity index (χ1v) is 8.03. The number of alkyl halides is 2. The van der Waals surface area contributed by atoms with Crippen molar-refractivity contribution in [2.75, 3.05) is 20.5 Å². The highest BCUT2D eigenvalue weighted by Crippen LogP contribution is 2.32. The molecule has 0 atom stereocenters. The maximum absolute atomic E-state index is 13.1. The molecule has 1 aromatic carbocycles. The van der Waals surface area contributed by atoms with Gasteiger partial charge in [-0.1, -0.05) is 11.3 Å². The smallest absolute Gasteiger partial charge is 0.242 e. The van der Waals surface area contributed by atoms with Crippen LogP contribution in [0.15, 0.2) is 30.5 Å². The molecule has 9 heteroatoms. The first kappa shape index (κ1) is 16.4. The molecule has 0 radical (unpaired) electrons. The van der Waals surface area contributed by atoms with Crippen LogP contribution in [0, 0.1) is 6.92 Å². The Morgan fingerprint density at radius 3 is 2.73 bits per heavy atom. The summed E-state index contributed by atoms with van der Waals surface area (Å²) in [6, 6.07) is 6.36. The standard InChI is InChI=1S/C17H16F2N6O/c1-10-20-17(26-2)16-13(5-6-24(16)22-10)11-3-4-14-15(7-11)25(23-21-14)12(8-18)9-19/h3-7,12H,8-9H2,1-2H3. The number of hydrogen-bond donors (Lipinski definition) is 0. The van der Waals surface area contributed by atoms with Gasteiger partial charge in [-0.3, -0.25) is 0 Å². The van der Waals surface area contributed by atoms with Gasteiger partial charge in [0.1, 0.15) is 36.2 Å². The van der Waals surface area contributed by atoms with E-state index in [1.165, 1.54) is 4.68 Å². The van der Waals surface area contributed by atoms with Gasteiger partial charge in [0.15, 0.2) is 0 Å². The average molecular weight is 358 g/mol. The van der Waals surface area contributed by atoms with Gasteiger partial charge < -0.3 is 4.74 Å². The van der Waals surface area contributed by atoms with Crippen LogP contribution < -0.4 is 4.74 Å². The maximum atomic E-state index is 13.1. The second kappa shape index (κ2) is 6.32. The lowest BCUT2D eigenvalue weighted by molar-refractivity contribution is 0.274. The Labute approximate surface area is 147 Å². The Bertz CT molecular complexity index is 1090. The van der Waals surface area contributed by atoms with Crippen LogP contribution in [0.1, 0.15) is 11.9 Å². The quantitative estimate of drug-likeness (QED) is 0.549. The monoisotopic (exact) mass is 358 g/mol. The Balaban J connectivity index is 1.92. The fraction of sp³-hybridized carbons (Fsp3) is 0.294. The lowest BCUT2D eigenvalue weighted by Crippen LogP contribution is -2.14. The fourth-order valence-electron chi connectivity index (χ4n) is 3.02. The molecule has 4 rings (SSSR count). The summed E-state index contributed by atoms with van der Waals surface area (Å²) in [4.78, 5) is 4.32. The van der Waals surface area contributed by atoms with Crippen molar-refractivity contribution in [3.63, 3.8) is 0 Å². The van der Waals surface area contributed by atoms with Gasteiger partial charge in [-0.2, -0.15) is 10.1 Å². The number of aromatic nitrogens is 6. The number of nitrogens with zero attached hydrogens (tertiary/aromatic N) is 6. The minimum Gasteiger partial charge on any atom is -0.479 e. The lowest BCUT2D eigenvalue weighted by atomic mass is 10.1. The number of ether oxygens (including phenoxy) is 1. The summed E-state index contributed by atoms with van der Waals surface area (Å²) >= 11 is 0. The number of halogens is 2. The molecule has 0 saturated carbocycles. The normalized spacial score (nSPS) is 11.7. The zero-order valence-electron chi connectivity index (χ0n) is 14.2. The van der Waals surface area contributed by atoms with E-state index in [9.17, 15) is 8.78 Å². The molecule has 0 aliphatic heterocycles. The molecule has 4 aromatic rings. The van der Waals surface area contributed by atoms with Crippen LogP contribution in [0.3, 0.4) is 0 Å². The van der Waals surface area contributed by atoms with E-state index in [2.05, 4.69) is 20.4 Å². The van der Waals surface area contributed by atoms with Crippen molar-refractivity contribution in [2.45, 2.75) is 13.0 Å². The van der Waals surface area contributed by atoms with Gasteiger partial charge in [0.2, 0.25) is 5.88 Å². The number of rotatable bonds is 5. The van der Waals surface area contributed by atoms with Crippen molar-refractivity contribution in [1.29, 1.82) is 0 Å². The molecule has 0 amide bonds. The molecule has 0 fully saturated rings. The Morgan fingerprint density at radius 1 is 1.19 bits per heavy atom. The molecule has 0 aliphatic rings. The van der Waals surface area contributed by atoms with Crippen molar-refractivity contribution in [2.24, 2.45) is 0 Å². The van der Waals surface area contributed by atoms with Gasteiger partial charge in [-0.05, 0) is 30.7 Å². The summed E-state index contributed by atoms with van der Waals surface area (Å²) in [6.45, 7) is 0.0799. The summed E-state index contributed by atoms with van der Waals surface area (Å²) in [5.41, 5.74) is 3.51. The first-order chi connectivity index (χ1) is 12.7. The molecule has 0 spiro atoms. The molecular formula is C17H16F2N6O.